The Kier molecular flexibility index (Phi) is 5.18. The van der Waals surface area contributed by atoms with Gasteiger partial charge in [0.15, 0.2) is 11.6 Å². The molecule has 100 valence electrons. The van der Waals surface area contributed by atoms with Gasteiger partial charge in [-0.15, -0.1) is 0 Å². The summed E-state index contributed by atoms with van der Waals surface area (Å²) in [6, 6.07) is 2.92. The second kappa shape index (κ2) is 6.42. The van der Waals surface area contributed by atoms with Crippen molar-refractivity contribution >= 4 is 5.91 Å². The highest BCUT2D eigenvalue weighted by Crippen LogP contribution is 2.10. The Balaban J connectivity index is 2.71. The number of nitrogens with zero attached hydrogens (tertiary/aromatic N) is 1. The van der Waals surface area contributed by atoms with Crippen LogP contribution in [0, 0.1) is 11.6 Å². The van der Waals surface area contributed by atoms with Crippen molar-refractivity contribution in [2.24, 2.45) is 0 Å². The number of aliphatic hydroxyl groups excluding tert-OH is 1. The third-order valence-corrected chi connectivity index (χ3v) is 2.36. The minimum absolute atomic E-state index is 0.0287. The molecule has 0 aliphatic rings. The van der Waals surface area contributed by atoms with Gasteiger partial charge in [-0.3, -0.25) is 4.79 Å². The average molecular weight is 259 g/mol. The fourth-order valence-corrected chi connectivity index (χ4v) is 1.49. The van der Waals surface area contributed by atoms with Crippen LogP contribution in [0.1, 0.15) is 10.4 Å². The van der Waals surface area contributed by atoms with E-state index in [2.05, 4.69) is 0 Å². The van der Waals surface area contributed by atoms with E-state index in [-0.39, 0.29) is 18.7 Å². The van der Waals surface area contributed by atoms with Gasteiger partial charge in [-0.1, -0.05) is 0 Å². The van der Waals surface area contributed by atoms with Crippen molar-refractivity contribution in [3.8, 4) is 0 Å². The Labute approximate surface area is 104 Å². The monoisotopic (exact) mass is 259 g/mol. The SMILES string of the molecule is COCC(O)CN(C)C(=O)c1ccc(F)c(F)c1. The quantitative estimate of drug-likeness (QED) is 0.859. The fourth-order valence-electron chi connectivity index (χ4n) is 1.49. The van der Waals surface area contributed by atoms with Crippen LogP contribution in [-0.4, -0.2) is 49.3 Å². The summed E-state index contributed by atoms with van der Waals surface area (Å²) in [6.07, 6.45) is -0.825. The van der Waals surface area contributed by atoms with Crippen LogP contribution in [0.25, 0.3) is 0 Å². The number of carbonyl (C=O) groups is 1. The number of carbonyl (C=O) groups excluding carboxylic acids is 1. The summed E-state index contributed by atoms with van der Waals surface area (Å²) in [4.78, 5) is 13.1. The van der Waals surface area contributed by atoms with Gasteiger partial charge in [-0.05, 0) is 18.2 Å². The van der Waals surface area contributed by atoms with E-state index in [1.807, 2.05) is 0 Å². The summed E-state index contributed by atoms with van der Waals surface area (Å²) in [5.74, 6) is -2.58. The molecule has 0 bridgehead atoms. The molecule has 1 aromatic rings. The minimum atomic E-state index is -1.08. The number of rotatable bonds is 5. The number of aliphatic hydroxyl groups is 1. The lowest BCUT2D eigenvalue weighted by Gasteiger charge is -2.20. The van der Waals surface area contributed by atoms with Gasteiger partial charge in [0.1, 0.15) is 0 Å². The highest BCUT2D eigenvalue weighted by atomic mass is 19.2. The zero-order valence-corrected chi connectivity index (χ0v) is 10.2. The predicted molar refractivity (Wildman–Crippen MR) is 61.2 cm³/mol. The molecule has 0 aromatic heterocycles. The lowest BCUT2D eigenvalue weighted by atomic mass is 10.2. The normalized spacial score (nSPS) is 12.3. The number of amides is 1. The van der Waals surface area contributed by atoms with E-state index in [0.717, 1.165) is 12.1 Å². The second-order valence-electron chi connectivity index (χ2n) is 3.92. The maximum Gasteiger partial charge on any atom is 0.253 e. The fraction of sp³-hybridized carbons (Fsp3) is 0.417. The van der Waals surface area contributed by atoms with Gasteiger partial charge in [0.25, 0.3) is 5.91 Å². The molecule has 1 amide bonds. The van der Waals surface area contributed by atoms with Gasteiger partial charge >= 0.3 is 0 Å². The molecule has 1 rings (SSSR count). The van der Waals surface area contributed by atoms with Crippen LogP contribution in [0.3, 0.4) is 0 Å². The van der Waals surface area contributed by atoms with Gasteiger partial charge in [-0.2, -0.15) is 0 Å². The standard InChI is InChI=1S/C12H15F2NO3/c1-15(6-9(16)7-18-2)12(17)8-3-4-10(13)11(14)5-8/h3-5,9,16H,6-7H2,1-2H3. The third-order valence-electron chi connectivity index (χ3n) is 2.36. The number of ether oxygens (including phenoxy) is 1. The van der Waals surface area contributed by atoms with E-state index in [1.165, 1.54) is 25.1 Å². The zero-order chi connectivity index (χ0) is 13.7. The van der Waals surface area contributed by atoms with E-state index < -0.39 is 23.6 Å². The molecule has 0 aliphatic heterocycles. The average Bonchev–Trinajstić information content (AvgIpc) is 2.32. The van der Waals surface area contributed by atoms with Crippen LogP contribution in [0.15, 0.2) is 18.2 Å². The van der Waals surface area contributed by atoms with Gasteiger partial charge in [0, 0.05) is 26.3 Å². The van der Waals surface area contributed by atoms with E-state index in [4.69, 9.17) is 4.74 Å². The Morgan fingerprint density at radius 2 is 2.11 bits per heavy atom. The summed E-state index contributed by atoms with van der Waals surface area (Å²) in [5, 5.41) is 9.46. The molecular weight excluding hydrogens is 244 g/mol. The first-order chi connectivity index (χ1) is 8.45. The van der Waals surface area contributed by atoms with Crippen LogP contribution < -0.4 is 0 Å². The molecule has 0 heterocycles. The Hall–Kier alpha value is -1.53. The van der Waals surface area contributed by atoms with Crippen molar-refractivity contribution in [3.05, 3.63) is 35.4 Å². The van der Waals surface area contributed by atoms with Crippen LogP contribution in [0.2, 0.25) is 0 Å². The molecule has 0 saturated carbocycles. The van der Waals surface area contributed by atoms with Crippen molar-refractivity contribution in [1.82, 2.24) is 4.90 Å². The number of hydrogen-bond acceptors (Lipinski definition) is 3. The molecule has 0 fully saturated rings. The van der Waals surface area contributed by atoms with Gasteiger partial charge < -0.3 is 14.7 Å². The first kappa shape index (κ1) is 14.5. The molecule has 6 heteroatoms. The summed E-state index contributed by atoms with van der Waals surface area (Å²) >= 11 is 0. The van der Waals surface area contributed by atoms with E-state index in [1.54, 1.807) is 0 Å². The smallest absolute Gasteiger partial charge is 0.253 e. The molecule has 0 radical (unpaired) electrons. The van der Waals surface area contributed by atoms with Crippen molar-refractivity contribution < 1.29 is 23.4 Å². The van der Waals surface area contributed by atoms with E-state index in [9.17, 15) is 18.7 Å². The maximum atomic E-state index is 13.0. The molecular formula is C12H15F2NO3. The summed E-state index contributed by atoms with van der Waals surface area (Å²) in [7, 11) is 2.89. The van der Waals surface area contributed by atoms with Gasteiger partial charge in [0.05, 0.1) is 12.7 Å². The molecule has 1 atom stereocenters. The Morgan fingerprint density at radius 1 is 1.44 bits per heavy atom. The zero-order valence-electron chi connectivity index (χ0n) is 10.2. The molecule has 1 N–H and O–H groups in total. The topological polar surface area (TPSA) is 49.8 Å². The first-order valence-corrected chi connectivity index (χ1v) is 5.33. The second-order valence-corrected chi connectivity index (χ2v) is 3.92. The molecule has 18 heavy (non-hydrogen) atoms. The highest BCUT2D eigenvalue weighted by molar-refractivity contribution is 5.94. The van der Waals surface area contributed by atoms with E-state index in [0.29, 0.717) is 0 Å². The van der Waals surface area contributed by atoms with Gasteiger partial charge in [-0.25, -0.2) is 8.78 Å². The molecule has 0 aliphatic carbocycles. The number of likely N-dealkylation sites (N-methyl/N-ethyl adjacent to an activating group) is 1. The summed E-state index contributed by atoms with van der Waals surface area (Å²) in [6.45, 7) is 0.140. The minimum Gasteiger partial charge on any atom is -0.389 e. The van der Waals surface area contributed by atoms with E-state index >= 15 is 0 Å². The lowest BCUT2D eigenvalue weighted by Crippen LogP contribution is -2.36. The summed E-state index contributed by atoms with van der Waals surface area (Å²) in [5.41, 5.74) is 0.0287. The lowest BCUT2D eigenvalue weighted by molar-refractivity contribution is 0.0380. The first-order valence-electron chi connectivity index (χ1n) is 5.33. The van der Waals surface area contributed by atoms with Crippen molar-refractivity contribution in [2.45, 2.75) is 6.10 Å². The molecule has 0 spiro atoms. The molecule has 1 unspecified atom stereocenters. The van der Waals surface area contributed by atoms with Crippen LogP contribution in [0.4, 0.5) is 8.78 Å². The van der Waals surface area contributed by atoms with Crippen molar-refractivity contribution in [3.63, 3.8) is 0 Å². The largest absolute Gasteiger partial charge is 0.389 e. The van der Waals surface area contributed by atoms with Crippen LogP contribution in [-0.2, 0) is 4.74 Å². The third kappa shape index (κ3) is 3.75. The molecule has 4 nitrogen and oxygen atoms in total. The van der Waals surface area contributed by atoms with Crippen LogP contribution in [0.5, 0.6) is 0 Å². The van der Waals surface area contributed by atoms with Gasteiger partial charge in [0.2, 0.25) is 0 Å². The molecule has 1 aromatic carbocycles. The van der Waals surface area contributed by atoms with Crippen LogP contribution >= 0.6 is 0 Å². The maximum absolute atomic E-state index is 13.0. The Bertz CT molecular complexity index is 426. The number of benzene rings is 1. The Morgan fingerprint density at radius 3 is 2.67 bits per heavy atom. The summed E-state index contributed by atoms with van der Waals surface area (Å²) < 4.78 is 30.4. The van der Waals surface area contributed by atoms with Crippen molar-refractivity contribution in [1.29, 1.82) is 0 Å². The number of halogens is 2. The van der Waals surface area contributed by atoms with Crippen molar-refractivity contribution in [2.75, 3.05) is 27.3 Å². The highest BCUT2D eigenvalue weighted by Gasteiger charge is 2.16. The predicted octanol–water partition coefficient (Wildman–Crippen LogP) is 1.04. The number of hydrogen-bond donors (Lipinski definition) is 1. The molecule has 0 saturated heterocycles. The number of methoxy groups -OCH3 is 1.